The van der Waals surface area contributed by atoms with Crippen molar-refractivity contribution in [2.75, 3.05) is 20.2 Å². The zero-order valence-corrected chi connectivity index (χ0v) is 12.5. The topological polar surface area (TPSA) is 51.9 Å². The van der Waals surface area contributed by atoms with Crippen LogP contribution in [0.5, 0.6) is 11.5 Å². The zero-order valence-electron chi connectivity index (χ0n) is 12.5. The second kappa shape index (κ2) is 6.56. The van der Waals surface area contributed by atoms with E-state index in [0.29, 0.717) is 18.7 Å². The molecule has 2 heterocycles. The molecule has 5 nitrogen and oxygen atoms in total. The Morgan fingerprint density at radius 3 is 2.55 bits per heavy atom. The summed E-state index contributed by atoms with van der Waals surface area (Å²) in [6, 6.07) is 9.32. The van der Waals surface area contributed by atoms with Crippen LogP contribution in [-0.4, -0.2) is 37.1 Å². The van der Waals surface area contributed by atoms with Gasteiger partial charge in [0.2, 0.25) is 0 Å². The number of nitrogens with zero attached hydrogens (tertiary/aromatic N) is 1. The molecular weight excluding hydrogens is 282 g/mol. The standard InChI is InChI=1S/C17H19NO4/c1-20-15-4-2-3-5-16(15)22-14-6-9-18(10-7-14)17(19)13-8-11-21-12-13/h2-5,8,11-12,14H,6-7,9-10H2,1H3. The lowest BCUT2D eigenvalue weighted by Gasteiger charge is -2.32. The molecule has 0 bridgehead atoms. The van der Waals surface area contributed by atoms with E-state index in [9.17, 15) is 4.79 Å². The lowest BCUT2D eigenvalue weighted by molar-refractivity contribution is 0.0590. The largest absolute Gasteiger partial charge is 0.493 e. The maximum Gasteiger partial charge on any atom is 0.257 e. The Labute approximate surface area is 129 Å². The summed E-state index contributed by atoms with van der Waals surface area (Å²) in [5.74, 6) is 1.51. The summed E-state index contributed by atoms with van der Waals surface area (Å²) >= 11 is 0. The molecule has 0 radical (unpaired) electrons. The fourth-order valence-electron chi connectivity index (χ4n) is 2.64. The maximum atomic E-state index is 12.2. The van der Waals surface area contributed by atoms with Gasteiger partial charge in [0.15, 0.2) is 11.5 Å². The second-order valence-electron chi connectivity index (χ2n) is 5.27. The van der Waals surface area contributed by atoms with Crippen LogP contribution in [0.15, 0.2) is 47.3 Å². The summed E-state index contributed by atoms with van der Waals surface area (Å²) in [7, 11) is 1.63. The van der Waals surface area contributed by atoms with Crippen molar-refractivity contribution in [3.05, 3.63) is 48.4 Å². The molecule has 0 aliphatic carbocycles. The predicted octanol–water partition coefficient (Wildman–Crippen LogP) is 2.97. The summed E-state index contributed by atoms with van der Waals surface area (Å²) < 4.78 is 16.3. The third kappa shape index (κ3) is 3.08. The van der Waals surface area contributed by atoms with E-state index in [2.05, 4.69) is 0 Å². The van der Waals surface area contributed by atoms with E-state index in [1.54, 1.807) is 13.2 Å². The van der Waals surface area contributed by atoms with Gasteiger partial charge in [-0.2, -0.15) is 0 Å². The van der Waals surface area contributed by atoms with Gasteiger partial charge in [-0.05, 0) is 18.2 Å². The number of likely N-dealkylation sites (tertiary alicyclic amines) is 1. The molecule has 1 aromatic heterocycles. The first kappa shape index (κ1) is 14.5. The number of carbonyl (C=O) groups excluding carboxylic acids is 1. The van der Waals surface area contributed by atoms with Gasteiger partial charge in [-0.1, -0.05) is 12.1 Å². The van der Waals surface area contributed by atoms with Gasteiger partial charge in [0, 0.05) is 25.9 Å². The van der Waals surface area contributed by atoms with E-state index in [4.69, 9.17) is 13.9 Å². The first-order chi connectivity index (χ1) is 10.8. The highest BCUT2D eigenvalue weighted by Gasteiger charge is 2.25. The predicted molar refractivity (Wildman–Crippen MR) is 81.3 cm³/mol. The number of carbonyl (C=O) groups is 1. The minimum Gasteiger partial charge on any atom is -0.493 e. The van der Waals surface area contributed by atoms with Crippen molar-refractivity contribution in [2.45, 2.75) is 18.9 Å². The Kier molecular flexibility index (Phi) is 4.32. The highest BCUT2D eigenvalue weighted by Crippen LogP contribution is 2.29. The van der Waals surface area contributed by atoms with Crippen LogP contribution in [0.3, 0.4) is 0 Å². The van der Waals surface area contributed by atoms with Gasteiger partial charge in [-0.3, -0.25) is 4.79 Å². The van der Waals surface area contributed by atoms with Crippen molar-refractivity contribution in [1.82, 2.24) is 4.90 Å². The number of amides is 1. The minimum atomic E-state index is 0.0180. The Morgan fingerprint density at radius 2 is 1.91 bits per heavy atom. The smallest absolute Gasteiger partial charge is 0.257 e. The Hall–Kier alpha value is -2.43. The van der Waals surface area contributed by atoms with E-state index < -0.39 is 0 Å². The van der Waals surface area contributed by atoms with Gasteiger partial charge >= 0.3 is 0 Å². The molecule has 1 saturated heterocycles. The summed E-state index contributed by atoms with van der Waals surface area (Å²) in [4.78, 5) is 14.1. The summed E-state index contributed by atoms with van der Waals surface area (Å²) in [6.45, 7) is 1.37. The number of hydrogen-bond acceptors (Lipinski definition) is 4. The van der Waals surface area contributed by atoms with Gasteiger partial charge in [0.25, 0.3) is 5.91 Å². The number of ether oxygens (including phenoxy) is 2. The molecule has 5 heteroatoms. The van der Waals surface area contributed by atoms with Crippen LogP contribution in [0.1, 0.15) is 23.2 Å². The van der Waals surface area contributed by atoms with Crippen LogP contribution >= 0.6 is 0 Å². The molecule has 1 amide bonds. The Bertz CT molecular complexity index is 615. The van der Waals surface area contributed by atoms with Crippen LogP contribution in [0.4, 0.5) is 0 Å². The molecule has 116 valence electrons. The molecular formula is C17H19NO4. The van der Waals surface area contributed by atoms with Crippen LogP contribution < -0.4 is 9.47 Å². The molecule has 1 fully saturated rings. The molecule has 1 aromatic carbocycles. The number of hydrogen-bond donors (Lipinski definition) is 0. The summed E-state index contributed by atoms with van der Waals surface area (Å²) in [5, 5.41) is 0. The average Bonchev–Trinajstić information content (AvgIpc) is 3.10. The fourth-order valence-corrected chi connectivity index (χ4v) is 2.64. The molecule has 2 aromatic rings. The highest BCUT2D eigenvalue weighted by atomic mass is 16.5. The third-order valence-corrected chi connectivity index (χ3v) is 3.86. The van der Waals surface area contributed by atoms with E-state index >= 15 is 0 Å². The number of methoxy groups -OCH3 is 1. The van der Waals surface area contributed by atoms with Gasteiger partial charge in [-0.15, -0.1) is 0 Å². The van der Waals surface area contributed by atoms with Gasteiger partial charge in [0.1, 0.15) is 12.4 Å². The number of para-hydroxylation sites is 2. The monoisotopic (exact) mass is 301 g/mol. The second-order valence-corrected chi connectivity index (χ2v) is 5.27. The maximum absolute atomic E-state index is 12.2. The Balaban J connectivity index is 1.57. The van der Waals surface area contributed by atoms with Crippen LogP contribution in [-0.2, 0) is 0 Å². The Morgan fingerprint density at radius 1 is 1.18 bits per heavy atom. The SMILES string of the molecule is COc1ccccc1OC1CCN(C(=O)c2ccoc2)CC1. The van der Waals surface area contributed by atoms with Gasteiger partial charge in [-0.25, -0.2) is 0 Å². The molecule has 3 rings (SSSR count). The van der Waals surface area contributed by atoms with E-state index in [0.717, 1.165) is 24.3 Å². The molecule has 0 N–H and O–H groups in total. The van der Waals surface area contributed by atoms with Crippen molar-refractivity contribution in [2.24, 2.45) is 0 Å². The summed E-state index contributed by atoms with van der Waals surface area (Å²) in [6.07, 6.45) is 4.72. The molecule has 22 heavy (non-hydrogen) atoms. The number of rotatable bonds is 4. The van der Waals surface area contributed by atoms with Crippen molar-refractivity contribution in [1.29, 1.82) is 0 Å². The van der Waals surface area contributed by atoms with Crippen LogP contribution in [0.2, 0.25) is 0 Å². The van der Waals surface area contributed by atoms with Crippen molar-refractivity contribution in [3.63, 3.8) is 0 Å². The van der Waals surface area contributed by atoms with Crippen LogP contribution in [0, 0.1) is 0 Å². The number of benzene rings is 1. The quantitative estimate of drug-likeness (QED) is 0.871. The third-order valence-electron chi connectivity index (χ3n) is 3.86. The first-order valence-electron chi connectivity index (χ1n) is 7.39. The molecule has 0 atom stereocenters. The van der Waals surface area contributed by atoms with Crippen molar-refractivity contribution >= 4 is 5.91 Å². The number of furan rings is 1. The van der Waals surface area contributed by atoms with E-state index in [1.165, 1.54) is 12.5 Å². The lowest BCUT2D eigenvalue weighted by atomic mass is 10.1. The summed E-state index contributed by atoms with van der Waals surface area (Å²) in [5.41, 5.74) is 0.601. The molecule has 0 spiro atoms. The zero-order chi connectivity index (χ0) is 15.4. The minimum absolute atomic E-state index is 0.0180. The first-order valence-corrected chi connectivity index (χ1v) is 7.39. The van der Waals surface area contributed by atoms with E-state index in [1.807, 2.05) is 29.2 Å². The number of piperidine rings is 1. The van der Waals surface area contributed by atoms with Crippen LogP contribution in [0.25, 0.3) is 0 Å². The molecule has 0 unspecified atom stereocenters. The van der Waals surface area contributed by atoms with E-state index in [-0.39, 0.29) is 12.0 Å². The average molecular weight is 301 g/mol. The molecule has 1 aliphatic heterocycles. The highest BCUT2D eigenvalue weighted by molar-refractivity contribution is 5.93. The lowest BCUT2D eigenvalue weighted by Crippen LogP contribution is -2.41. The fraction of sp³-hybridized carbons (Fsp3) is 0.353. The normalized spacial score (nSPS) is 15.6. The van der Waals surface area contributed by atoms with Gasteiger partial charge in [0.05, 0.1) is 18.9 Å². The van der Waals surface area contributed by atoms with Crippen molar-refractivity contribution in [3.8, 4) is 11.5 Å². The van der Waals surface area contributed by atoms with Gasteiger partial charge < -0.3 is 18.8 Å². The van der Waals surface area contributed by atoms with Crippen molar-refractivity contribution < 1.29 is 18.7 Å². The molecule has 0 saturated carbocycles. The molecule has 1 aliphatic rings.